The van der Waals surface area contributed by atoms with E-state index in [1.807, 2.05) is 24.3 Å². The lowest BCUT2D eigenvalue weighted by Gasteiger charge is -2.31. The molecule has 0 bridgehead atoms. The summed E-state index contributed by atoms with van der Waals surface area (Å²) in [5.41, 5.74) is 7.18. The Balaban J connectivity index is 2.00. The molecule has 0 saturated carbocycles. The van der Waals surface area contributed by atoms with E-state index in [1.165, 1.54) is 12.8 Å². The van der Waals surface area contributed by atoms with Gasteiger partial charge in [0.15, 0.2) is 5.96 Å². The zero-order valence-corrected chi connectivity index (χ0v) is 12.8. The number of hydrogen-bond acceptors (Lipinski definition) is 2. The van der Waals surface area contributed by atoms with Crippen LogP contribution in [0, 0.1) is 5.92 Å². The smallest absolute Gasteiger partial charge is 0.191 e. The lowest BCUT2D eigenvalue weighted by Crippen LogP contribution is -2.43. The third kappa shape index (κ3) is 4.52. The van der Waals surface area contributed by atoms with E-state index in [1.54, 1.807) is 6.08 Å². The molecule has 0 aliphatic carbocycles. The monoisotopic (exact) mass is 287 g/mol. The van der Waals surface area contributed by atoms with Gasteiger partial charge < -0.3 is 15.4 Å². The first-order chi connectivity index (χ1) is 10.2. The Kier molecular flexibility index (Phi) is 5.67. The number of guanidine groups is 1. The van der Waals surface area contributed by atoms with E-state index >= 15 is 0 Å². The second-order valence-electron chi connectivity index (χ2n) is 5.58. The van der Waals surface area contributed by atoms with E-state index in [4.69, 9.17) is 10.5 Å². The molecule has 0 radical (unpaired) electrons. The fourth-order valence-electron chi connectivity index (χ4n) is 2.59. The number of para-hydroxylation sites is 1. The minimum absolute atomic E-state index is 0.500. The van der Waals surface area contributed by atoms with Crippen LogP contribution in [0.5, 0.6) is 5.75 Å². The Morgan fingerprint density at radius 2 is 2.33 bits per heavy atom. The normalized spacial score (nSPS) is 19.4. The molecule has 4 nitrogen and oxygen atoms in total. The van der Waals surface area contributed by atoms with Crippen molar-refractivity contribution in [3.63, 3.8) is 0 Å². The molecule has 2 rings (SSSR count). The molecule has 0 aromatic heterocycles. The molecule has 0 spiro atoms. The van der Waals surface area contributed by atoms with Gasteiger partial charge >= 0.3 is 0 Å². The van der Waals surface area contributed by atoms with Crippen molar-refractivity contribution in [2.75, 3.05) is 19.7 Å². The van der Waals surface area contributed by atoms with Crippen LogP contribution in [0.15, 0.2) is 41.9 Å². The number of rotatable bonds is 5. The van der Waals surface area contributed by atoms with Crippen LogP contribution in [0.2, 0.25) is 0 Å². The number of likely N-dealkylation sites (tertiary alicyclic amines) is 1. The summed E-state index contributed by atoms with van der Waals surface area (Å²) < 4.78 is 5.64. The van der Waals surface area contributed by atoms with Crippen molar-refractivity contribution in [1.82, 2.24) is 4.90 Å². The highest BCUT2D eigenvalue weighted by atomic mass is 16.5. The maximum absolute atomic E-state index is 6.13. The van der Waals surface area contributed by atoms with Gasteiger partial charge in [0.2, 0.25) is 0 Å². The molecule has 0 amide bonds. The average Bonchev–Trinajstić information content (AvgIpc) is 2.51. The number of nitrogens with two attached hydrogens (primary N) is 1. The van der Waals surface area contributed by atoms with Crippen molar-refractivity contribution in [1.29, 1.82) is 0 Å². The summed E-state index contributed by atoms with van der Waals surface area (Å²) in [5.74, 6) is 2.18. The third-order valence-corrected chi connectivity index (χ3v) is 3.72. The first kappa shape index (κ1) is 15.4. The summed E-state index contributed by atoms with van der Waals surface area (Å²) in [4.78, 5) is 6.72. The van der Waals surface area contributed by atoms with Crippen molar-refractivity contribution < 1.29 is 4.74 Å². The van der Waals surface area contributed by atoms with Gasteiger partial charge in [-0.2, -0.15) is 0 Å². The predicted molar refractivity (Wildman–Crippen MR) is 87.4 cm³/mol. The summed E-state index contributed by atoms with van der Waals surface area (Å²) in [7, 11) is 0. The molecule has 2 N–H and O–H groups in total. The average molecular weight is 287 g/mol. The highest BCUT2D eigenvalue weighted by molar-refractivity contribution is 5.78. The van der Waals surface area contributed by atoms with Crippen LogP contribution in [0.3, 0.4) is 0 Å². The summed E-state index contributed by atoms with van der Waals surface area (Å²) >= 11 is 0. The second kappa shape index (κ2) is 7.72. The zero-order chi connectivity index (χ0) is 15.1. The lowest BCUT2D eigenvalue weighted by atomic mass is 10.0. The van der Waals surface area contributed by atoms with Crippen molar-refractivity contribution in [3.05, 3.63) is 42.5 Å². The zero-order valence-electron chi connectivity index (χ0n) is 12.8. The maximum atomic E-state index is 6.13. The Labute approximate surface area is 127 Å². The summed E-state index contributed by atoms with van der Waals surface area (Å²) in [5, 5.41) is 0. The molecular weight excluding hydrogens is 262 g/mol. The first-order valence-corrected chi connectivity index (χ1v) is 7.57. The molecule has 1 aromatic rings. The van der Waals surface area contributed by atoms with E-state index in [0.717, 1.165) is 24.4 Å². The molecule has 1 atom stereocenters. The number of nitrogens with zero attached hydrogens (tertiary/aromatic N) is 2. The van der Waals surface area contributed by atoms with Crippen LogP contribution in [-0.4, -0.2) is 30.6 Å². The molecular formula is C17H25N3O. The molecule has 1 heterocycles. The quantitative estimate of drug-likeness (QED) is 0.515. The van der Waals surface area contributed by atoms with Gasteiger partial charge in [0, 0.05) is 18.7 Å². The van der Waals surface area contributed by atoms with Crippen molar-refractivity contribution in [2.24, 2.45) is 16.6 Å². The molecule has 4 heteroatoms. The van der Waals surface area contributed by atoms with Gasteiger partial charge in [0.1, 0.15) is 12.4 Å². The van der Waals surface area contributed by atoms with Gasteiger partial charge in [-0.15, -0.1) is 0 Å². The number of aliphatic imine (C=N–C) groups is 1. The summed E-state index contributed by atoms with van der Waals surface area (Å²) in [6, 6.07) is 7.92. The van der Waals surface area contributed by atoms with E-state index in [0.29, 0.717) is 25.0 Å². The van der Waals surface area contributed by atoms with Crippen molar-refractivity contribution in [3.8, 4) is 5.75 Å². The molecule has 114 valence electrons. The van der Waals surface area contributed by atoms with E-state index in [2.05, 4.69) is 23.4 Å². The van der Waals surface area contributed by atoms with E-state index in [-0.39, 0.29) is 0 Å². The van der Waals surface area contributed by atoms with Gasteiger partial charge in [0.05, 0.1) is 6.54 Å². The Morgan fingerprint density at radius 1 is 1.52 bits per heavy atom. The molecule has 1 saturated heterocycles. The molecule has 1 aliphatic rings. The van der Waals surface area contributed by atoms with Crippen LogP contribution >= 0.6 is 0 Å². The minimum Gasteiger partial charge on any atom is -0.489 e. The third-order valence-electron chi connectivity index (χ3n) is 3.72. The molecule has 1 aromatic carbocycles. The molecule has 21 heavy (non-hydrogen) atoms. The number of piperidine rings is 1. The minimum atomic E-state index is 0.500. The van der Waals surface area contributed by atoms with Crippen LogP contribution < -0.4 is 10.5 Å². The van der Waals surface area contributed by atoms with Crippen LogP contribution in [0.4, 0.5) is 0 Å². The van der Waals surface area contributed by atoms with Gasteiger partial charge in [-0.3, -0.25) is 0 Å². The fourth-order valence-corrected chi connectivity index (χ4v) is 2.59. The van der Waals surface area contributed by atoms with E-state index in [9.17, 15) is 0 Å². The molecule has 1 unspecified atom stereocenters. The van der Waals surface area contributed by atoms with Gasteiger partial charge in [0.25, 0.3) is 0 Å². The summed E-state index contributed by atoms with van der Waals surface area (Å²) in [6.07, 6.45) is 4.21. The van der Waals surface area contributed by atoms with Crippen LogP contribution in [0.1, 0.15) is 25.3 Å². The highest BCUT2D eigenvalue weighted by Crippen LogP contribution is 2.19. The van der Waals surface area contributed by atoms with Gasteiger partial charge in [-0.05, 0) is 24.8 Å². The number of ether oxygens (including phenoxy) is 1. The van der Waals surface area contributed by atoms with Gasteiger partial charge in [-0.25, -0.2) is 4.99 Å². The summed E-state index contributed by atoms with van der Waals surface area (Å²) in [6.45, 7) is 8.99. The number of benzene rings is 1. The Hall–Kier alpha value is -1.97. The second-order valence-corrected chi connectivity index (χ2v) is 5.58. The standard InChI is InChI=1S/C17H25N3O/c1-3-11-21-16-9-5-4-8-15(16)12-19-17(18)20-10-6-7-14(2)13-20/h3-5,8-9,14H,1,6-7,10-13H2,2H3,(H2,18,19). The first-order valence-electron chi connectivity index (χ1n) is 7.57. The SMILES string of the molecule is C=CCOc1ccccc1CN=C(N)N1CCCC(C)C1. The fraction of sp³-hybridized carbons (Fsp3) is 0.471. The number of hydrogen-bond donors (Lipinski definition) is 1. The van der Waals surface area contributed by atoms with Crippen molar-refractivity contribution >= 4 is 5.96 Å². The largest absolute Gasteiger partial charge is 0.489 e. The van der Waals surface area contributed by atoms with Crippen LogP contribution in [-0.2, 0) is 6.54 Å². The maximum Gasteiger partial charge on any atom is 0.191 e. The predicted octanol–water partition coefficient (Wildman–Crippen LogP) is 2.80. The lowest BCUT2D eigenvalue weighted by molar-refractivity contribution is 0.270. The van der Waals surface area contributed by atoms with Crippen LogP contribution in [0.25, 0.3) is 0 Å². The molecule has 1 fully saturated rings. The topological polar surface area (TPSA) is 50.9 Å². The molecule has 1 aliphatic heterocycles. The van der Waals surface area contributed by atoms with Gasteiger partial charge in [-0.1, -0.05) is 37.8 Å². The Bertz CT molecular complexity index is 499. The Morgan fingerprint density at radius 3 is 3.10 bits per heavy atom. The highest BCUT2D eigenvalue weighted by Gasteiger charge is 2.17. The van der Waals surface area contributed by atoms with E-state index < -0.39 is 0 Å². The van der Waals surface area contributed by atoms with Crippen molar-refractivity contribution in [2.45, 2.75) is 26.3 Å².